The van der Waals surface area contributed by atoms with E-state index in [-0.39, 0.29) is 6.10 Å². The molecule has 4 heterocycles. The molecule has 0 unspecified atom stereocenters. The van der Waals surface area contributed by atoms with E-state index < -0.39 is 0 Å². The number of ether oxygens (including phenoxy) is 2. The quantitative estimate of drug-likeness (QED) is 0.814. The predicted molar refractivity (Wildman–Crippen MR) is 86.4 cm³/mol. The van der Waals surface area contributed by atoms with E-state index in [0.717, 1.165) is 50.2 Å². The zero-order valence-electron chi connectivity index (χ0n) is 13.8. The van der Waals surface area contributed by atoms with Crippen LogP contribution >= 0.6 is 0 Å². The first kappa shape index (κ1) is 15.4. The Labute approximate surface area is 141 Å². The first-order valence-electron chi connectivity index (χ1n) is 8.17. The molecule has 2 aliphatic rings. The number of methoxy groups -OCH3 is 1. The summed E-state index contributed by atoms with van der Waals surface area (Å²) in [6.45, 7) is 3.87. The molecule has 0 saturated carbocycles. The van der Waals surface area contributed by atoms with Gasteiger partial charge in [0.25, 0.3) is 0 Å². The van der Waals surface area contributed by atoms with E-state index in [1.807, 2.05) is 24.8 Å². The lowest BCUT2D eigenvalue weighted by atomic mass is 9.77. The lowest BCUT2D eigenvalue weighted by Gasteiger charge is -2.47. The molecule has 0 aromatic carbocycles. The molecule has 0 amide bonds. The van der Waals surface area contributed by atoms with Crippen molar-refractivity contribution in [2.45, 2.75) is 25.5 Å². The normalized spacial score (nSPS) is 22.5. The second-order valence-electron chi connectivity index (χ2n) is 6.81. The maximum atomic E-state index is 6.02. The minimum Gasteiger partial charge on any atom is -0.467 e. The number of hydrogen-bond acceptors (Lipinski definition) is 7. The Kier molecular flexibility index (Phi) is 4.12. The Bertz CT molecular complexity index is 673. The van der Waals surface area contributed by atoms with Gasteiger partial charge in [0.15, 0.2) is 0 Å². The van der Waals surface area contributed by atoms with E-state index in [0.29, 0.717) is 11.4 Å². The van der Waals surface area contributed by atoms with Gasteiger partial charge in [-0.05, 0) is 12.0 Å². The van der Waals surface area contributed by atoms with Gasteiger partial charge in [0, 0.05) is 61.8 Å². The molecule has 2 aromatic heterocycles. The van der Waals surface area contributed by atoms with Crippen LogP contribution in [0.1, 0.15) is 17.5 Å². The monoisotopic (exact) mass is 327 g/mol. The molecule has 1 atom stereocenters. The number of nitrogens with zero attached hydrogens (tertiary/aromatic N) is 5. The molecule has 4 rings (SSSR count). The number of hydrogen-bond donors (Lipinski definition) is 0. The van der Waals surface area contributed by atoms with Crippen molar-refractivity contribution in [3.8, 4) is 6.01 Å². The second-order valence-corrected chi connectivity index (χ2v) is 6.81. The Morgan fingerprint density at radius 2 is 1.92 bits per heavy atom. The van der Waals surface area contributed by atoms with Crippen LogP contribution in [-0.2, 0) is 17.7 Å². The third kappa shape index (κ3) is 3.22. The Balaban J connectivity index is 1.27. The fourth-order valence-corrected chi connectivity index (χ4v) is 3.75. The standard InChI is InChI=1S/C17H21N5O2/c1-23-16-20-6-14(7-21-16)8-22-9-17(10-22)3-15(24-11-17)2-13-4-18-12-19-5-13/h4-7,12,15H,2-3,8-11H2,1H3/t15-/m0/s1. The van der Waals surface area contributed by atoms with E-state index in [2.05, 4.69) is 24.8 Å². The smallest absolute Gasteiger partial charge is 0.316 e. The van der Waals surface area contributed by atoms with Crippen LogP contribution in [-0.4, -0.2) is 57.7 Å². The molecule has 0 aliphatic carbocycles. The largest absolute Gasteiger partial charge is 0.467 e. The lowest BCUT2D eigenvalue weighted by Crippen LogP contribution is -2.56. The summed E-state index contributed by atoms with van der Waals surface area (Å²) in [4.78, 5) is 18.9. The second kappa shape index (κ2) is 6.41. The van der Waals surface area contributed by atoms with Crippen LogP contribution in [0.15, 0.2) is 31.1 Å². The first-order valence-corrected chi connectivity index (χ1v) is 8.17. The molecule has 2 fully saturated rings. The van der Waals surface area contributed by atoms with Gasteiger partial charge in [0.2, 0.25) is 0 Å². The third-order valence-electron chi connectivity index (χ3n) is 4.75. The summed E-state index contributed by atoms with van der Waals surface area (Å²) in [5.41, 5.74) is 2.57. The Morgan fingerprint density at radius 3 is 2.62 bits per heavy atom. The highest BCUT2D eigenvalue weighted by Crippen LogP contribution is 2.42. The Hall–Kier alpha value is -2.12. The first-order chi connectivity index (χ1) is 11.7. The molecule has 0 N–H and O–H groups in total. The predicted octanol–water partition coefficient (Wildman–Crippen LogP) is 1.11. The minimum atomic E-state index is 0.280. The number of likely N-dealkylation sites (tertiary alicyclic amines) is 1. The molecular formula is C17H21N5O2. The fourth-order valence-electron chi connectivity index (χ4n) is 3.75. The zero-order valence-corrected chi connectivity index (χ0v) is 13.8. The summed E-state index contributed by atoms with van der Waals surface area (Å²) < 4.78 is 11.0. The van der Waals surface area contributed by atoms with Crippen molar-refractivity contribution in [1.29, 1.82) is 0 Å². The van der Waals surface area contributed by atoms with E-state index in [1.165, 1.54) is 0 Å². The maximum absolute atomic E-state index is 6.02. The third-order valence-corrected chi connectivity index (χ3v) is 4.75. The van der Waals surface area contributed by atoms with Gasteiger partial charge in [-0.15, -0.1) is 0 Å². The van der Waals surface area contributed by atoms with Crippen LogP contribution in [0.25, 0.3) is 0 Å². The van der Waals surface area contributed by atoms with Gasteiger partial charge in [-0.3, -0.25) is 4.90 Å². The van der Waals surface area contributed by atoms with Gasteiger partial charge >= 0.3 is 6.01 Å². The van der Waals surface area contributed by atoms with Gasteiger partial charge in [0.05, 0.1) is 19.8 Å². The summed E-state index contributed by atoms with van der Waals surface area (Å²) in [7, 11) is 1.58. The van der Waals surface area contributed by atoms with Crippen LogP contribution in [0, 0.1) is 5.41 Å². The van der Waals surface area contributed by atoms with E-state index in [4.69, 9.17) is 9.47 Å². The van der Waals surface area contributed by atoms with Crippen LogP contribution < -0.4 is 4.74 Å². The molecule has 126 valence electrons. The van der Waals surface area contributed by atoms with Crippen molar-refractivity contribution in [1.82, 2.24) is 24.8 Å². The van der Waals surface area contributed by atoms with Gasteiger partial charge < -0.3 is 9.47 Å². The van der Waals surface area contributed by atoms with Crippen LogP contribution in [0.2, 0.25) is 0 Å². The molecule has 0 bridgehead atoms. The SMILES string of the molecule is COc1ncc(CN2CC3(CO[C@@H](Cc4cncnc4)C3)C2)cn1. The van der Waals surface area contributed by atoms with Crippen molar-refractivity contribution < 1.29 is 9.47 Å². The molecule has 7 nitrogen and oxygen atoms in total. The topological polar surface area (TPSA) is 73.3 Å². The van der Waals surface area contributed by atoms with E-state index >= 15 is 0 Å². The summed E-state index contributed by atoms with van der Waals surface area (Å²) >= 11 is 0. The van der Waals surface area contributed by atoms with Crippen molar-refractivity contribution in [3.05, 3.63) is 42.2 Å². The molecule has 1 spiro atoms. The van der Waals surface area contributed by atoms with E-state index in [9.17, 15) is 0 Å². The molecule has 24 heavy (non-hydrogen) atoms. The average Bonchev–Trinajstić information content (AvgIpc) is 3.00. The highest BCUT2D eigenvalue weighted by atomic mass is 16.5. The summed E-state index contributed by atoms with van der Waals surface area (Å²) in [5.74, 6) is 0. The zero-order chi connectivity index (χ0) is 16.4. The van der Waals surface area contributed by atoms with Crippen LogP contribution in [0.4, 0.5) is 0 Å². The van der Waals surface area contributed by atoms with Crippen molar-refractivity contribution >= 4 is 0 Å². The highest BCUT2D eigenvalue weighted by Gasteiger charge is 2.48. The maximum Gasteiger partial charge on any atom is 0.316 e. The van der Waals surface area contributed by atoms with E-state index in [1.54, 1.807) is 13.4 Å². The summed E-state index contributed by atoms with van der Waals surface area (Å²) in [6, 6.07) is 0.413. The van der Waals surface area contributed by atoms with Crippen LogP contribution in [0.3, 0.4) is 0 Å². The molecule has 2 aliphatic heterocycles. The lowest BCUT2D eigenvalue weighted by molar-refractivity contribution is -0.0141. The van der Waals surface area contributed by atoms with Crippen molar-refractivity contribution in [3.63, 3.8) is 0 Å². The van der Waals surface area contributed by atoms with Crippen LogP contribution in [0.5, 0.6) is 6.01 Å². The summed E-state index contributed by atoms with van der Waals surface area (Å²) in [6.07, 6.45) is 11.3. The Morgan fingerprint density at radius 1 is 1.17 bits per heavy atom. The number of aromatic nitrogens is 4. The van der Waals surface area contributed by atoms with Gasteiger partial charge in [-0.25, -0.2) is 19.9 Å². The molecule has 7 heteroatoms. The molecule has 2 saturated heterocycles. The van der Waals surface area contributed by atoms with Gasteiger partial charge in [-0.2, -0.15) is 0 Å². The van der Waals surface area contributed by atoms with Gasteiger partial charge in [-0.1, -0.05) is 0 Å². The molecular weight excluding hydrogens is 306 g/mol. The average molecular weight is 327 g/mol. The highest BCUT2D eigenvalue weighted by molar-refractivity contribution is 5.11. The van der Waals surface area contributed by atoms with Gasteiger partial charge in [0.1, 0.15) is 6.33 Å². The number of rotatable bonds is 5. The minimum absolute atomic E-state index is 0.280. The fraction of sp³-hybridized carbons (Fsp3) is 0.529. The molecule has 0 radical (unpaired) electrons. The van der Waals surface area contributed by atoms with Crippen molar-refractivity contribution in [2.75, 3.05) is 26.8 Å². The van der Waals surface area contributed by atoms with Crippen molar-refractivity contribution in [2.24, 2.45) is 5.41 Å². The summed E-state index contributed by atoms with van der Waals surface area (Å²) in [5, 5.41) is 0. The molecule has 2 aromatic rings.